The summed E-state index contributed by atoms with van der Waals surface area (Å²) < 4.78 is 12.3. The third-order valence-corrected chi connectivity index (χ3v) is 8.32. The second-order valence-corrected chi connectivity index (χ2v) is 12.3. The number of urea groups is 1. The molecule has 0 saturated heterocycles. The first kappa shape index (κ1) is 33.5. The van der Waals surface area contributed by atoms with Crippen LogP contribution in [0.2, 0.25) is 10.3 Å². The van der Waals surface area contributed by atoms with Crippen molar-refractivity contribution in [3.63, 3.8) is 0 Å². The van der Waals surface area contributed by atoms with Gasteiger partial charge in [0.05, 0.1) is 23.8 Å². The molecule has 0 aliphatic heterocycles. The van der Waals surface area contributed by atoms with Gasteiger partial charge in [-0.2, -0.15) is 0 Å². The number of hydrogen-bond acceptors (Lipinski definition) is 7. The van der Waals surface area contributed by atoms with Gasteiger partial charge >= 0.3 is 12.0 Å². The minimum absolute atomic E-state index is 0.0217. The Morgan fingerprint density at radius 3 is 2.20 bits per heavy atom. The standard InChI is InChI=1S/C36H31Cl2N5O6/c37-31-18-25(19-32(38)43-31)41-36(47)40-24-8-12-26(13-9-24)48-27-10-6-23-17-28(11-7-22(23)16-27)49-34-14-5-21(20-39-34)15-33(44)42-30-4-2-1-3-29(30)35(45)46/h1-7,10-11,14,16-20,24,26H,8-9,12-13,15H2,(H,42,44)(H,45,46)(H2,40,41,43,47). The molecule has 1 fully saturated rings. The number of amides is 3. The molecule has 1 aliphatic carbocycles. The summed E-state index contributed by atoms with van der Waals surface area (Å²) in [5, 5.41) is 20.1. The fourth-order valence-electron chi connectivity index (χ4n) is 5.60. The van der Waals surface area contributed by atoms with Crippen LogP contribution in [0.5, 0.6) is 17.4 Å². The first-order valence-corrected chi connectivity index (χ1v) is 16.3. The largest absolute Gasteiger partial charge is 0.490 e. The predicted molar refractivity (Wildman–Crippen MR) is 187 cm³/mol. The molecule has 13 heteroatoms. The van der Waals surface area contributed by atoms with E-state index in [1.54, 1.807) is 36.5 Å². The monoisotopic (exact) mass is 699 g/mol. The zero-order valence-corrected chi connectivity index (χ0v) is 27.5. The van der Waals surface area contributed by atoms with Gasteiger partial charge in [0.25, 0.3) is 0 Å². The van der Waals surface area contributed by atoms with Gasteiger partial charge in [-0.25, -0.2) is 19.6 Å². The second-order valence-electron chi connectivity index (χ2n) is 11.5. The molecule has 6 rings (SSSR count). The van der Waals surface area contributed by atoms with E-state index in [1.165, 1.54) is 18.2 Å². The van der Waals surface area contributed by atoms with E-state index in [0.29, 0.717) is 22.9 Å². The number of carboxylic acids is 1. The van der Waals surface area contributed by atoms with Crippen molar-refractivity contribution in [2.45, 2.75) is 44.2 Å². The summed E-state index contributed by atoms with van der Waals surface area (Å²) in [6.07, 6.45) is 4.80. The van der Waals surface area contributed by atoms with Crippen molar-refractivity contribution in [3.05, 3.63) is 113 Å². The number of fused-ring (bicyclic) bond motifs is 1. The molecule has 11 nitrogen and oxygen atoms in total. The van der Waals surface area contributed by atoms with E-state index in [0.717, 1.165) is 42.2 Å². The van der Waals surface area contributed by atoms with Crippen LogP contribution in [0, 0.1) is 0 Å². The zero-order valence-electron chi connectivity index (χ0n) is 26.0. The normalized spacial score (nSPS) is 15.6. The molecule has 0 spiro atoms. The fraction of sp³-hybridized carbons (Fsp3) is 0.194. The molecular weight excluding hydrogens is 669 g/mol. The maximum Gasteiger partial charge on any atom is 0.337 e. The Morgan fingerprint density at radius 2 is 1.51 bits per heavy atom. The van der Waals surface area contributed by atoms with Crippen LogP contribution >= 0.6 is 23.2 Å². The van der Waals surface area contributed by atoms with Crippen molar-refractivity contribution in [2.75, 3.05) is 10.6 Å². The summed E-state index contributed by atoms with van der Waals surface area (Å²) in [7, 11) is 0. The Bertz CT molecular complexity index is 1980. The van der Waals surface area contributed by atoms with Gasteiger partial charge in [0.1, 0.15) is 21.8 Å². The van der Waals surface area contributed by atoms with Crippen molar-refractivity contribution in [1.82, 2.24) is 15.3 Å². The maximum absolute atomic E-state index is 12.5. The number of aromatic nitrogens is 2. The molecule has 5 aromatic rings. The highest BCUT2D eigenvalue weighted by atomic mass is 35.5. The van der Waals surface area contributed by atoms with Gasteiger partial charge in [0, 0.05) is 24.0 Å². The lowest BCUT2D eigenvalue weighted by Crippen LogP contribution is -2.41. The Balaban J connectivity index is 0.973. The highest BCUT2D eigenvalue weighted by Crippen LogP contribution is 2.30. The van der Waals surface area contributed by atoms with Gasteiger partial charge < -0.3 is 30.5 Å². The maximum atomic E-state index is 12.5. The fourth-order valence-corrected chi connectivity index (χ4v) is 6.06. The zero-order chi connectivity index (χ0) is 34.3. The van der Waals surface area contributed by atoms with Crippen LogP contribution in [0.15, 0.2) is 91.1 Å². The Labute approximate surface area is 291 Å². The van der Waals surface area contributed by atoms with Crippen LogP contribution in [-0.4, -0.2) is 45.1 Å². The molecule has 0 radical (unpaired) electrons. The number of ether oxygens (including phenoxy) is 2. The molecule has 3 amide bonds. The quantitative estimate of drug-likeness (QED) is 0.107. The predicted octanol–water partition coefficient (Wildman–Crippen LogP) is 8.12. The van der Waals surface area contributed by atoms with Crippen LogP contribution in [0.4, 0.5) is 16.2 Å². The lowest BCUT2D eigenvalue weighted by molar-refractivity contribution is -0.115. The Morgan fingerprint density at radius 1 is 0.816 bits per heavy atom. The van der Waals surface area contributed by atoms with Crippen LogP contribution in [0.1, 0.15) is 41.6 Å². The SMILES string of the molecule is O=C(Cc1ccc(Oc2ccc3cc(OC4CCC(NC(=O)Nc5cc(Cl)nc(Cl)c5)CC4)ccc3c2)nc1)Nc1ccccc1C(=O)O. The minimum Gasteiger partial charge on any atom is -0.490 e. The first-order valence-electron chi connectivity index (χ1n) is 15.5. The molecule has 0 atom stereocenters. The van der Waals surface area contributed by atoms with Gasteiger partial charge in [-0.15, -0.1) is 0 Å². The van der Waals surface area contributed by atoms with Crippen molar-refractivity contribution < 1.29 is 29.0 Å². The van der Waals surface area contributed by atoms with E-state index >= 15 is 0 Å². The number of para-hydroxylation sites is 1. The van der Waals surface area contributed by atoms with Crippen molar-refractivity contribution >= 4 is 63.3 Å². The number of carboxylic acid groups (broad SMARTS) is 1. The number of hydrogen-bond donors (Lipinski definition) is 4. The smallest absolute Gasteiger partial charge is 0.337 e. The topological polar surface area (TPSA) is 152 Å². The van der Waals surface area contributed by atoms with E-state index in [2.05, 4.69) is 25.9 Å². The van der Waals surface area contributed by atoms with Crippen molar-refractivity contribution in [3.8, 4) is 17.4 Å². The number of nitrogens with one attached hydrogen (secondary N) is 3. The van der Waals surface area contributed by atoms with Crippen LogP contribution in [-0.2, 0) is 11.2 Å². The molecule has 0 bridgehead atoms. The summed E-state index contributed by atoms with van der Waals surface area (Å²) in [6.45, 7) is 0. The molecule has 1 saturated carbocycles. The van der Waals surface area contributed by atoms with Crippen molar-refractivity contribution in [1.29, 1.82) is 0 Å². The highest BCUT2D eigenvalue weighted by Gasteiger charge is 2.24. The summed E-state index contributed by atoms with van der Waals surface area (Å²) in [5.74, 6) is 0.277. The number of benzene rings is 3. The Hall–Kier alpha value is -5.39. The first-order chi connectivity index (χ1) is 23.7. The molecule has 0 unspecified atom stereocenters. The van der Waals surface area contributed by atoms with Crippen LogP contribution in [0.25, 0.3) is 10.8 Å². The number of carbonyl (C=O) groups excluding carboxylic acids is 2. The number of carbonyl (C=O) groups is 3. The summed E-state index contributed by atoms with van der Waals surface area (Å²) in [6, 6.07) is 24.1. The minimum atomic E-state index is -1.12. The number of aromatic carboxylic acids is 1. The van der Waals surface area contributed by atoms with Crippen LogP contribution in [0.3, 0.4) is 0 Å². The summed E-state index contributed by atoms with van der Waals surface area (Å²) in [4.78, 5) is 44.6. The average Bonchev–Trinajstić information content (AvgIpc) is 3.06. The number of rotatable bonds is 10. The number of halogens is 2. The Kier molecular flexibility index (Phi) is 10.4. The van der Waals surface area contributed by atoms with Gasteiger partial charge in [-0.05, 0) is 90.6 Å². The molecule has 2 heterocycles. The van der Waals surface area contributed by atoms with Gasteiger partial charge in [-0.1, -0.05) is 53.5 Å². The van der Waals surface area contributed by atoms with Gasteiger partial charge in [-0.3, -0.25) is 4.79 Å². The van der Waals surface area contributed by atoms with Crippen LogP contribution < -0.4 is 25.4 Å². The van der Waals surface area contributed by atoms with E-state index in [1.807, 2.05) is 36.4 Å². The molecule has 1 aliphatic rings. The lowest BCUT2D eigenvalue weighted by atomic mass is 9.93. The molecule has 250 valence electrons. The lowest BCUT2D eigenvalue weighted by Gasteiger charge is -2.29. The van der Waals surface area contributed by atoms with E-state index in [-0.39, 0.29) is 52.1 Å². The van der Waals surface area contributed by atoms with Crippen molar-refractivity contribution in [2.24, 2.45) is 0 Å². The third-order valence-electron chi connectivity index (χ3n) is 7.93. The molecule has 2 aromatic heterocycles. The number of nitrogens with zero attached hydrogens (tertiary/aromatic N) is 2. The van der Waals surface area contributed by atoms with E-state index < -0.39 is 5.97 Å². The summed E-state index contributed by atoms with van der Waals surface area (Å²) >= 11 is 11.8. The summed E-state index contributed by atoms with van der Waals surface area (Å²) in [5.41, 5.74) is 1.38. The van der Waals surface area contributed by atoms with Gasteiger partial charge in [0.2, 0.25) is 11.8 Å². The van der Waals surface area contributed by atoms with Gasteiger partial charge in [0.15, 0.2) is 0 Å². The van der Waals surface area contributed by atoms with E-state index in [9.17, 15) is 19.5 Å². The van der Waals surface area contributed by atoms with E-state index in [4.69, 9.17) is 32.7 Å². The average molecular weight is 701 g/mol. The number of pyridine rings is 2. The molecule has 3 aromatic carbocycles. The molecular formula is C36H31Cl2N5O6. The third kappa shape index (κ3) is 9.16. The molecule has 49 heavy (non-hydrogen) atoms. The number of anilines is 2. The highest BCUT2D eigenvalue weighted by molar-refractivity contribution is 6.33. The second kappa shape index (κ2) is 15.2. The molecule has 4 N–H and O–H groups in total.